The van der Waals surface area contributed by atoms with Crippen molar-refractivity contribution in [3.8, 4) is 11.5 Å². The molecule has 0 aliphatic carbocycles. The lowest BCUT2D eigenvalue weighted by atomic mass is 10.2. The highest BCUT2D eigenvalue weighted by Gasteiger charge is 2.15. The molecule has 1 amide bonds. The van der Waals surface area contributed by atoms with Crippen LogP contribution in [0.25, 0.3) is 0 Å². The van der Waals surface area contributed by atoms with E-state index in [1.54, 1.807) is 6.21 Å². The van der Waals surface area contributed by atoms with Gasteiger partial charge in [-0.25, -0.2) is 5.43 Å². The molecule has 25 heavy (non-hydrogen) atoms. The van der Waals surface area contributed by atoms with Gasteiger partial charge in [0, 0.05) is 20.3 Å². The lowest BCUT2D eigenvalue weighted by Gasteiger charge is -2.04. The second-order valence-electron chi connectivity index (χ2n) is 5.10. The number of ether oxygens (including phenoxy) is 2. The Bertz CT molecular complexity index is 814. The van der Waals surface area contributed by atoms with Gasteiger partial charge in [0.1, 0.15) is 0 Å². The number of hydrogen-bond donors (Lipinski definition) is 1. The average Bonchev–Trinajstić information content (AvgIpc) is 3.04. The molecule has 1 N–H and O–H groups in total. The van der Waals surface area contributed by atoms with E-state index in [-0.39, 0.29) is 12.7 Å². The maximum Gasteiger partial charge on any atom is 0.250 e. The van der Waals surface area contributed by atoms with Gasteiger partial charge >= 0.3 is 0 Å². The van der Waals surface area contributed by atoms with Gasteiger partial charge in [-0.2, -0.15) is 5.10 Å². The first-order chi connectivity index (χ1) is 12.1. The van der Waals surface area contributed by atoms with Gasteiger partial charge in [-0.3, -0.25) is 4.79 Å². The zero-order valence-corrected chi connectivity index (χ0v) is 17.0. The third-order valence-corrected chi connectivity index (χ3v) is 5.78. The van der Waals surface area contributed by atoms with Crippen LogP contribution in [0.15, 0.2) is 50.4 Å². The number of benzene rings is 2. The first kappa shape index (κ1) is 18.3. The van der Waals surface area contributed by atoms with Gasteiger partial charge in [0.2, 0.25) is 12.7 Å². The van der Waals surface area contributed by atoms with Crippen LogP contribution in [0.3, 0.4) is 0 Å². The highest BCUT2D eigenvalue weighted by atomic mass is 79.9. The Balaban J connectivity index is 1.47. The molecule has 8 heteroatoms. The fourth-order valence-electron chi connectivity index (χ4n) is 2.11. The van der Waals surface area contributed by atoms with Crippen molar-refractivity contribution in [2.24, 2.45) is 5.10 Å². The van der Waals surface area contributed by atoms with Crippen molar-refractivity contribution in [1.82, 2.24) is 5.43 Å². The Morgan fingerprint density at radius 1 is 1.20 bits per heavy atom. The van der Waals surface area contributed by atoms with Gasteiger partial charge in [0.25, 0.3) is 0 Å². The van der Waals surface area contributed by atoms with Crippen LogP contribution in [0, 0.1) is 0 Å². The van der Waals surface area contributed by atoms with Crippen LogP contribution in [-0.2, 0) is 10.5 Å². The molecule has 0 saturated heterocycles. The molecule has 1 aliphatic rings. The fraction of sp³-hybridized carbons (Fsp3) is 0.176. The number of carbonyl (C=O) groups excluding carboxylic acids is 1. The molecule has 1 heterocycles. The molecule has 0 spiro atoms. The number of carbonyl (C=O) groups is 1. The van der Waals surface area contributed by atoms with Crippen LogP contribution in [0.5, 0.6) is 11.5 Å². The van der Waals surface area contributed by atoms with Gasteiger partial charge in [0.05, 0.1) is 12.0 Å². The summed E-state index contributed by atoms with van der Waals surface area (Å²) in [6, 6.07) is 11.6. The Hall–Kier alpha value is -1.51. The molecule has 0 bridgehead atoms. The Labute approximate surface area is 166 Å². The molecule has 2 aromatic carbocycles. The van der Waals surface area contributed by atoms with Crippen molar-refractivity contribution in [2.45, 2.75) is 5.75 Å². The van der Waals surface area contributed by atoms with Gasteiger partial charge in [-0.1, -0.05) is 34.1 Å². The number of hydrogen-bond acceptors (Lipinski definition) is 5. The van der Waals surface area contributed by atoms with Crippen LogP contribution in [0.4, 0.5) is 0 Å². The van der Waals surface area contributed by atoms with E-state index in [9.17, 15) is 4.79 Å². The molecule has 2 aromatic rings. The monoisotopic (exact) mass is 484 g/mol. The summed E-state index contributed by atoms with van der Waals surface area (Å²) >= 11 is 8.47. The van der Waals surface area contributed by atoms with E-state index in [1.807, 2.05) is 36.4 Å². The summed E-state index contributed by atoms with van der Waals surface area (Å²) in [5, 5.41) is 4.00. The highest BCUT2D eigenvalue weighted by molar-refractivity contribution is 9.10. The predicted octanol–water partition coefficient (Wildman–Crippen LogP) is 4.32. The van der Waals surface area contributed by atoms with Gasteiger partial charge in [-0.05, 0) is 39.7 Å². The Morgan fingerprint density at radius 3 is 2.76 bits per heavy atom. The molecule has 0 unspecified atom stereocenters. The summed E-state index contributed by atoms with van der Waals surface area (Å²) in [6.45, 7) is 0.216. The SMILES string of the molecule is O=C(CSCc1ccccc1Br)NN=Cc1cc2c(cc1Br)OCO2. The molecule has 5 nitrogen and oxygen atoms in total. The molecule has 0 atom stereocenters. The summed E-state index contributed by atoms with van der Waals surface area (Å²) in [7, 11) is 0. The summed E-state index contributed by atoms with van der Waals surface area (Å²) in [5.41, 5.74) is 4.49. The number of hydrazone groups is 1. The lowest BCUT2D eigenvalue weighted by Crippen LogP contribution is -2.19. The third-order valence-electron chi connectivity index (χ3n) is 3.33. The molecule has 1 aliphatic heterocycles. The van der Waals surface area contributed by atoms with Gasteiger partial charge < -0.3 is 9.47 Å². The minimum atomic E-state index is -0.148. The number of halogens is 2. The average molecular weight is 486 g/mol. The standard InChI is InChI=1S/C17H14Br2N2O3S/c18-13-4-2-1-3-11(13)8-25-9-17(22)21-20-7-12-5-15-16(6-14(12)19)24-10-23-15/h1-7H,8-10H2,(H,21,22). The zero-order chi connectivity index (χ0) is 17.6. The first-order valence-electron chi connectivity index (χ1n) is 7.35. The highest BCUT2D eigenvalue weighted by Crippen LogP contribution is 2.36. The Kier molecular flexibility index (Phi) is 6.39. The maximum atomic E-state index is 11.9. The molecule has 0 radical (unpaired) electrons. The van der Waals surface area contributed by atoms with Crippen LogP contribution >= 0.6 is 43.6 Å². The van der Waals surface area contributed by atoms with E-state index in [0.29, 0.717) is 17.3 Å². The first-order valence-corrected chi connectivity index (χ1v) is 10.1. The summed E-state index contributed by atoms with van der Waals surface area (Å²) in [4.78, 5) is 11.9. The topological polar surface area (TPSA) is 59.9 Å². The molecule has 0 saturated carbocycles. The number of amides is 1. The van der Waals surface area contributed by atoms with Crippen LogP contribution < -0.4 is 14.9 Å². The maximum absolute atomic E-state index is 11.9. The van der Waals surface area contributed by atoms with Gasteiger partial charge in [0.15, 0.2) is 11.5 Å². The third kappa shape index (κ3) is 4.99. The van der Waals surface area contributed by atoms with Crippen LogP contribution in [0.2, 0.25) is 0 Å². The molecule has 130 valence electrons. The zero-order valence-electron chi connectivity index (χ0n) is 13.0. The summed E-state index contributed by atoms with van der Waals surface area (Å²) in [6.07, 6.45) is 1.57. The van der Waals surface area contributed by atoms with Crippen molar-refractivity contribution in [1.29, 1.82) is 0 Å². The van der Waals surface area contributed by atoms with Crippen molar-refractivity contribution in [3.63, 3.8) is 0 Å². The lowest BCUT2D eigenvalue weighted by molar-refractivity contribution is -0.118. The van der Waals surface area contributed by atoms with E-state index in [4.69, 9.17) is 9.47 Å². The number of nitrogens with one attached hydrogen (secondary N) is 1. The fourth-order valence-corrected chi connectivity index (χ4v) is 3.97. The number of nitrogens with zero attached hydrogens (tertiary/aromatic N) is 1. The van der Waals surface area contributed by atoms with Crippen molar-refractivity contribution < 1.29 is 14.3 Å². The molecule has 0 aromatic heterocycles. The molecule has 3 rings (SSSR count). The number of fused-ring (bicyclic) bond motifs is 1. The van der Waals surface area contributed by atoms with Crippen LogP contribution in [-0.4, -0.2) is 24.7 Å². The smallest absolute Gasteiger partial charge is 0.250 e. The van der Waals surface area contributed by atoms with E-state index < -0.39 is 0 Å². The summed E-state index contributed by atoms with van der Waals surface area (Å²) < 4.78 is 12.5. The minimum Gasteiger partial charge on any atom is -0.454 e. The minimum absolute atomic E-state index is 0.148. The Morgan fingerprint density at radius 2 is 1.96 bits per heavy atom. The van der Waals surface area contributed by atoms with Crippen molar-refractivity contribution in [3.05, 3.63) is 56.5 Å². The van der Waals surface area contributed by atoms with E-state index >= 15 is 0 Å². The van der Waals surface area contributed by atoms with E-state index in [0.717, 1.165) is 25.8 Å². The van der Waals surface area contributed by atoms with E-state index in [2.05, 4.69) is 42.4 Å². The molecular weight excluding hydrogens is 472 g/mol. The normalized spacial score (nSPS) is 12.6. The number of thioether (sulfide) groups is 1. The molecule has 0 fully saturated rings. The number of rotatable bonds is 6. The predicted molar refractivity (Wildman–Crippen MR) is 106 cm³/mol. The van der Waals surface area contributed by atoms with Crippen molar-refractivity contribution in [2.75, 3.05) is 12.5 Å². The largest absolute Gasteiger partial charge is 0.454 e. The van der Waals surface area contributed by atoms with Crippen LogP contribution in [0.1, 0.15) is 11.1 Å². The second kappa shape index (κ2) is 8.73. The summed E-state index contributed by atoms with van der Waals surface area (Å²) in [5.74, 6) is 2.30. The van der Waals surface area contributed by atoms with Crippen molar-refractivity contribution >= 4 is 55.7 Å². The van der Waals surface area contributed by atoms with Gasteiger partial charge in [-0.15, -0.1) is 11.8 Å². The quantitative estimate of drug-likeness (QED) is 0.488. The van der Waals surface area contributed by atoms with E-state index in [1.165, 1.54) is 11.8 Å². The second-order valence-corrected chi connectivity index (χ2v) is 7.80. The molecular formula is C17H14Br2N2O3S.